The minimum Gasteiger partial charge on any atom is -0.492 e. The van der Waals surface area contributed by atoms with Gasteiger partial charge in [-0.2, -0.15) is 0 Å². The van der Waals surface area contributed by atoms with Gasteiger partial charge in [0.1, 0.15) is 12.4 Å². The van der Waals surface area contributed by atoms with Crippen molar-refractivity contribution in [1.29, 1.82) is 0 Å². The summed E-state index contributed by atoms with van der Waals surface area (Å²) in [5.74, 6) is 1.67. The van der Waals surface area contributed by atoms with Crippen molar-refractivity contribution in [2.45, 2.75) is 32.9 Å². The highest BCUT2D eigenvalue weighted by Gasteiger charge is 2.16. The van der Waals surface area contributed by atoms with Crippen molar-refractivity contribution < 1.29 is 14.2 Å². The Bertz CT molecular complexity index is 607. The summed E-state index contributed by atoms with van der Waals surface area (Å²) in [5, 5.41) is 6.62. The molecular formula is C21H37IN4O3. The minimum absolute atomic E-state index is 0. The fourth-order valence-electron chi connectivity index (χ4n) is 2.76. The molecule has 1 fully saturated rings. The van der Waals surface area contributed by atoms with Crippen molar-refractivity contribution in [2.75, 3.05) is 59.7 Å². The zero-order valence-electron chi connectivity index (χ0n) is 18.2. The molecule has 0 aromatic heterocycles. The predicted octanol–water partition coefficient (Wildman–Crippen LogP) is 2.50. The van der Waals surface area contributed by atoms with Crippen LogP contribution in [0.4, 0.5) is 0 Å². The molecule has 0 aliphatic carbocycles. The third kappa shape index (κ3) is 9.97. The second kappa shape index (κ2) is 14.0. The number of halogens is 1. The first-order valence-corrected chi connectivity index (χ1v) is 10.1. The van der Waals surface area contributed by atoms with E-state index in [0.29, 0.717) is 19.7 Å². The zero-order chi connectivity index (χ0) is 20.2. The van der Waals surface area contributed by atoms with Crippen LogP contribution in [-0.4, -0.2) is 76.1 Å². The van der Waals surface area contributed by atoms with Crippen molar-refractivity contribution in [3.8, 4) is 5.75 Å². The molecule has 29 heavy (non-hydrogen) atoms. The number of nitrogens with one attached hydrogen (secondary N) is 2. The van der Waals surface area contributed by atoms with Gasteiger partial charge < -0.3 is 24.8 Å². The van der Waals surface area contributed by atoms with Crippen molar-refractivity contribution in [3.63, 3.8) is 0 Å². The molecule has 2 N–H and O–H groups in total. The van der Waals surface area contributed by atoms with E-state index in [4.69, 9.17) is 19.2 Å². The number of nitrogens with zero attached hydrogens (tertiary/aromatic N) is 2. The number of para-hydroxylation sites is 1. The number of hydrogen-bond donors (Lipinski definition) is 2. The maximum atomic E-state index is 6.05. The van der Waals surface area contributed by atoms with Gasteiger partial charge in [-0.25, -0.2) is 4.99 Å². The summed E-state index contributed by atoms with van der Waals surface area (Å²) in [4.78, 5) is 7.08. The number of benzene rings is 1. The van der Waals surface area contributed by atoms with E-state index in [9.17, 15) is 0 Å². The van der Waals surface area contributed by atoms with Gasteiger partial charge in [0.15, 0.2) is 5.96 Å². The molecule has 1 saturated heterocycles. The molecular weight excluding hydrogens is 483 g/mol. The van der Waals surface area contributed by atoms with Crippen molar-refractivity contribution in [2.24, 2.45) is 4.99 Å². The van der Waals surface area contributed by atoms with Crippen LogP contribution in [0, 0.1) is 0 Å². The fraction of sp³-hybridized carbons (Fsp3) is 0.667. The van der Waals surface area contributed by atoms with Gasteiger partial charge in [-0.1, -0.05) is 18.2 Å². The topological polar surface area (TPSA) is 67.4 Å². The molecule has 1 aliphatic heterocycles. The molecule has 7 nitrogen and oxygen atoms in total. The number of morpholine rings is 1. The Hall–Kier alpha value is -1.10. The number of methoxy groups -OCH3 is 1. The maximum Gasteiger partial charge on any atom is 0.191 e. The second-order valence-corrected chi connectivity index (χ2v) is 7.42. The first-order chi connectivity index (χ1) is 13.5. The summed E-state index contributed by atoms with van der Waals surface area (Å²) in [7, 11) is 1.72. The van der Waals surface area contributed by atoms with Crippen LogP contribution in [0.15, 0.2) is 29.3 Å². The van der Waals surface area contributed by atoms with Crippen LogP contribution in [-0.2, 0) is 16.0 Å². The molecule has 0 spiro atoms. The zero-order valence-corrected chi connectivity index (χ0v) is 20.5. The average Bonchev–Trinajstić information content (AvgIpc) is 2.72. The van der Waals surface area contributed by atoms with Crippen molar-refractivity contribution in [1.82, 2.24) is 15.5 Å². The third-order valence-corrected chi connectivity index (χ3v) is 4.73. The molecule has 166 valence electrons. The number of hydrogen-bond acceptors (Lipinski definition) is 5. The molecule has 1 aromatic carbocycles. The van der Waals surface area contributed by atoms with E-state index in [1.807, 2.05) is 32.0 Å². The molecule has 0 radical (unpaired) electrons. The molecule has 0 unspecified atom stereocenters. The lowest BCUT2D eigenvalue weighted by molar-refractivity contribution is 0.0268. The van der Waals surface area contributed by atoms with Crippen LogP contribution in [0.5, 0.6) is 5.75 Å². The molecule has 0 bridgehead atoms. The SMILES string of the molecule is CCNC(=NCc1ccccc1OCCN1CCOCC1)NCC(C)(C)OC.I. The highest BCUT2D eigenvalue weighted by Crippen LogP contribution is 2.19. The first kappa shape index (κ1) is 25.9. The summed E-state index contributed by atoms with van der Waals surface area (Å²) < 4.78 is 16.9. The van der Waals surface area contributed by atoms with Gasteiger partial charge in [0, 0.05) is 45.4 Å². The molecule has 8 heteroatoms. The molecule has 0 atom stereocenters. The van der Waals surface area contributed by atoms with Crippen LogP contribution in [0.1, 0.15) is 26.3 Å². The van der Waals surface area contributed by atoms with E-state index in [1.54, 1.807) is 7.11 Å². The lowest BCUT2D eigenvalue weighted by Crippen LogP contribution is -2.45. The Morgan fingerprint density at radius 3 is 2.62 bits per heavy atom. The van der Waals surface area contributed by atoms with Crippen LogP contribution in [0.2, 0.25) is 0 Å². The van der Waals surface area contributed by atoms with Crippen LogP contribution >= 0.6 is 24.0 Å². The molecule has 0 saturated carbocycles. The molecule has 2 rings (SSSR count). The largest absolute Gasteiger partial charge is 0.492 e. The number of aliphatic imine (C=N–C) groups is 1. The fourth-order valence-corrected chi connectivity index (χ4v) is 2.76. The average molecular weight is 520 g/mol. The Labute approximate surface area is 192 Å². The summed E-state index contributed by atoms with van der Waals surface area (Å²) in [6.07, 6.45) is 0. The quantitative estimate of drug-likeness (QED) is 0.281. The molecule has 1 heterocycles. The molecule has 1 aliphatic rings. The molecule has 1 aromatic rings. The van der Waals surface area contributed by atoms with Crippen LogP contribution < -0.4 is 15.4 Å². The number of guanidine groups is 1. The monoisotopic (exact) mass is 520 g/mol. The second-order valence-electron chi connectivity index (χ2n) is 7.42. The maximum absolute atomic E-state index is 6.05. The Balaban J connectivity index is 0.00000420. The standard InChI is InChI=1S/C21H36N4O3.HI/c1-5-22-20(24-17-21(2,3)26-4)23-16-18-8-6-7-9-19(18)28-15-12-25-10-13-27-14-11-25;/h6-9H,5,10-17H2,1-4H3,(H2,22,23,24);1H. The third-order valence-electron chi connectivity index (χ3n) is 4.73. The van der Waals surface area contributed by atoms with Crippen molar-refractivity contribution >= 4 is 29.9 Å². The van der Waals surface area contributed by atoms with E-state index in [1.165, 1.54) is 0 Å². The van der Waals surface area contributed by atoms with Gasteiger partial charge in [-0.3, -0.25) is 4.90 Å². The Morgan fingerprint density at radius 1 is 1.21 bits per heavy atom. The Kier molecular flexibility index (Phi) is 12.5. The van der Waals surface area contributed by atoms with Crippen molar-refractivity contribution in [3.05, 3.63) is 29.8 Å². The van der Waals surface area contributed by atoms with Gasteiger partial charge in [-0.05, 0) is 26.8 Å². The number of rotatable bonds is 10. The predicted molar refractivity (Wildman–Crippen MR) is 129 cm³/mol. The lowest BCUT2D eigenvalue weighted by Gasteiger charge is -2.26. The summed E-state index contributed by atoms with van der Waals surface area (Å²) in [5.41, 5.74) is 0.823. The van der Waals surface area contributed by atoms with Gasteiger partial charge in [0.05, 0.1) is 25.4 Å². The van der Waals surface area contributed by atoms with Gasteiger partial charge in [0.25, 0.3) is 0 Å². The van der Waals surface area contributed by atoms with Crippen LogP contribution in [0.25, 0.3) is 0 Å². The van der Waals surface area contributed by atoms with E-state index >= 15 is 0 Å². The summed E-state index contributed by atoms with van der Waals surface area (Å²) in [6, 6.07) is 8.10. The van der Waals surface area contributed by atoms with E-state index in [-0.39, 0.29) is 29.6 Å². The highest BCUT2D eigenvalue weighted by molar-refractivity contribution is 14.0. The van der Waals surface area contributed by atoms with E-state index in [0.717, 1.165) is 56.7 Å². The first-order valence-electron chi connectivity index (χ1n) is 10.1. The summed E-state index contributed by atoms with van der Waals surface area (Å²) >= 11 is 0. The van der Waals surface area contributed by atoms with Gasteiger partial charge in [0.2, 0.25) is 0 Å². The smallest absolute Gasteiger partial charge is 0.191 e. The summed E-state index contributed by atoms with van der Waals surface area (Å²) in [6.45, 7) is 13.3. The Morgan fingerprint density at radius 2 is 1.93 bits per heavy atom. The normalized spacial score (nSPS) is 15.5. The van der Waals surface area contributed by atoms with Gasteiger partial charge in [-0.15, -0.1) is 24.0 Å². The van der Waals surface area contributed by atoms with Gasteiger partial charge >= 0.3 is 0 Å². The lowest BCUT2D eigenvalue weighted by atomic mass is 10.1. The van der Waals surface area contributed by atoms with Crippen LogP contribution in [0.3, 0.4) is 0 Å². The number of ether oxygens (including phenoxy) is 3. The highest BCUT2D eigenvalue weighted by atomic mass is 127. The van der Waals surface area contributed by atoms with E-state index in [2.05, 4.69) is 28.5 Å². The minimum atomic E-state index is -0.253. The molecule has 0 amide bonds. The van der Waals surface area contributed by atoms with E-state index < -0.39 is 0 Å².